The first-order valence-electron chi connectivity index (χ1n) is 5.63. The molecule has 1 aromatic heterocycles. The van der Waals surface area contributed by atoms with E-state index in [-0.39, 0.29) is 17.7 Å². The van der Waals surface area contributed by atoms with Crippen molar-refractivity contribution in [3.05, 3.63) is 21.9 Å². The molecule has 0 saturated carbocycles. The average molecular weight is 254 g/mol. The molecule has 0 spiro atoms. The minimum absolute atomic E-state index is 0.00576. The van der Waals surface area contributed by atoms with Crippen LogP contribution in [-0.2, 0) is 4.79 Å². The molecule has 0 unspecified atom stereocenters. The van der Waals surface area contributed by atoms with Crippen LogP contribution in [0.1, 0.15) is 28.4 Å². The maximum absolute atomic E-state index is 11.6. The van der Waals surface area contributed by atoms with Gasteiger partial charge in [-0.3, -0.25) is 9.59 Å². The van der Waals surface area contributed by atoms with Crippen LogP contribution in [0.4, 0.5) is 0 Å². The van der Waals surface area contributed by atoms with Crippen LogP contribution in [0.25, 0.3) is 0 Å². The van der Waals surface area contributed by atoms with Gasteiger partial charge in [0.1, 0.15) is 0 Å². The summed E-state index contributed by atoms with van der Waals surface area (Å²) < 4.78 is 0. The summed E-state index contributed by atoms with van der Waals surface area (Å²) in [6.45, 7) is 6.55. The van der Waals surface area contributed by atoms with Gasteiger partial charge in [-0.05, 0) is 19.1 Å². The number of aryl methyl sites for hydroxylation is 1. The Morgan fingerprint density at radius 1 is 1.24 bits per heavy atom. The molecule has 1 aromatic rings. The monoisotopic (exact) mass is 254 g/mol. The molecule has 0 saturated heterocycles. The van der Waals surface area contributed by atoms with Gasteiger partial charge in [-0.25, -0.2) is 0 Å². The summed E-state index contributed by atoms with van der Waals surface area (Å²) in [5.41, 5.74) is 0. The second-order valence-corrected chi connectivity index (χ2v) is 5.40. The van der Waals surface area contributed by atoms with E-state index in [2.05, 4.69) is 10.6 Å². The number of hydrogen-bond acceptors (Lipinski definition) is 3. The van der Waals surface area contributed by atoms with E-state index in [1.165, 1.54) is 11.3 Å². The van der Waals surface area contributed by atoms with Crippen molar-refractivity contribution in [2.24, 2.45) is 5.92 Å². The molecule has 94 valence electrons. The molecule has 5 heteroatoms. The molecule has 2 N–H and O–H groups in total. The van der Waals surface area contributed by atoms with E-state index in [4.69, 9.17) is 0 Å². The van der Waals surface area contributed by atoms with Gasteiger partial charge in [0.2, 0.25) is 5.91 Å². The Kier molecular flexibility index (Phi) is 5.15. The highest BCUT2D eigenvalue weighted by Gasteiger charge is 2.08. The SMILES string of the molecule is Cc1ccc(C(=O)NCCNC(=O)C(C)C)s1. The van der Waals surface area contributed by atoms with E-state index < -0.39 is 0 Å². The number of rotatable bonds is 5. The fourth-order valence-corrected chi connectivity index (χ4v) is 1.99. The Hall–Kier alpha value is -1.36. The fourth-order valence-electron chi connectivity index (χ4n) is 1.21. The molecule has 0 bridgehead atoms. The minimum Gasteiger partial charge on any atom is -0.354 e. The number of thiophene rings is 1. The average Bonchev–Trinajstić information content (AvgIpc) is 2.70. The smallest absolute Gasteiger partial charge is 0.261 e. The van der Waals surface area contributed by atoms with Crippen LogP contribution in [0.3, 0.4) is 0 Å². The maximum atomic E-state index is 11.6. The Morgan fingerprint density at radius 2 is 1.88 bits per heavy atom. The molecule has 2 amide bonds. The van der Waals surface area contributed by atoms with Gasteiger partial charge in [0.25, 0.3) is 5.91 Å². The topological polar surface area (TPSA) is 58.2 Å². The van der Waals surface area contributed by atoms with E-state index in [1.807, 2.05) is 32.9 Å². The molecule has 0 aromatic carbocycles. The van der Waals surface area contributed by atoms with Gasteiger partial charge in [-0.15, -0.1) is 11.3 Å². The highest BCUT2D eigenvalue weighted by atomic mass is 32.1. The Balaban J connectivity index is 2.23. The van der Waals surface area contributed by atoms with Crippen molar-refractivity contribution in [1.82, 2.24) is 10.6 Å². The molecule has 4 nitrogen and oxygen atoms in total. The molecular formula is C12H18N2O2S. The van der Waals surface area contributed by atoms with Crippen LogP contribution in [0.5, 0.6) is 0 Å². The molecule has 0 aliphatic rings. The lowest BCUT2D eigenvalue weighted by Gasteiger charge is -2.08. The van der Waals surface area contributed by atoms with Crippen molar-refractivity contribution in [3.8, 4) is 0 Å². The molecule has 17 heavy (non-hydrogen) atoms. The first-order valence-corrected chi connectivity index (χ1v) is 6.44. The normalized spacial score (nSPS) is 10.4. The number of amides is 2. The highest BCUT2D eigenvalue weighted by Crippen LogP contribution is 2.14. The first-order chi connectivity index (χ1) is 8.00. The summed E-state index contributed by atoms with van der Waals surface area (Å²) in [6.07, 6.45) is 0. The second kappa shape index (κ2) is 6.39. The first kappa shape index (κ1) is 13.7. The third-order valence-electron chi connectivity index (χ3n) is 2.20. The predicted octanol–water partition coefficient (Wildman–Crippen LogP) is 1.56. The van der Waals surface area contributed by atoms with Gasteiger partial charge in [0.05, 0.1) is 4.88 Å². The van der Waals surface area contributed by atoms with Crippen molar-refractivity contribution in [1.29, 1.82) is 0 Å². The number of carbonyl (C=O) groups excluding carboxylic acids is 2. The molecule has 1 heterocycles. The van der Waals surface area contributed by atoms with E-state index >= 15 is 0 Å². The van der Waals surface area contributed by atoms with Crippen molar-refractivity contribution in [3.63, 3.8) is 0 Å². The van der Waals surface area contributed by atoms with Gasteiger partial charge < -0.3 is 10.6 Å². The third kappa shape index (κ3) is 4.56. The summed E-state index contributed by atoms with van der Waals surface area (Å²) in [4.78, 5) is 24.7. The number of hydrogen-bond donors (Lipinski definition) is 2. The van der Waals surface area contributed by atoms with E-state index in [0.717, 1.165) is 4.88 Å². The number of carbonyl (C=O) groups is 2. The fraction of sp³-hybridized carbons (Fsp3) is 0.500. The van der Waals surface area contributed by atoms with Crippen LogP contribution in [0, 0.1) is 12.8 Å². The van der Waals surface area contributed by atoms with Gasteiger partial charge in [-0.1, -0.05) is 13.8 Å². The van der Waals surface area contributed by atoms with Crippen LogP contribution >= 0.6 is 11.3 Å². The molecule has 0 aliphatic carbocycles. The standard InChI is InChI=1S/C12H18N2O2S/c1-8(2)11(15)13-6-7-14-12(16)10-5-4-9(3)17-10/h4-5,8H,6-7H2,1-3H3,(H,13,15)(H,14,16). The summed E-state index contributed by atoms with van der Waals surface area (Å²) in [6, 6.07) is 3.72. The van der Waals surface area contributed by atoms with Gasteiger partial charge in [-0.2, -0.15) is 0 Å². The summed E-state index contributed by atoms with van der Waals surface area (Å²) >= 11 is 1.47. The Labute approximate surface area is 105 Å². The lowest BCUT2D eigenvalue weighted by molar-refractivity contribution is -0.123. The summed E-state index contributed by atoms with van der Waals surface area (Å²) in [7, 11) is 0. The predicted molar refractivity (Wildman–Crippen MR) is 69.2 cm³/mol. The molecule has 0 fully saturated rings. The van der Waals surface area contributed by atoms with E-state index in [1.54, 1.807) is 0 Å². The van der Waals surface area contributed by atoms with Gasteiger partial charge in [0, 0.05) is 23.9 Å². The van der Waals surface area contributed by atoms with E-state index in [0.29, 0.717) is 18.0 Å². The third-order valence-corrected chi connectivity index (χ3v) is 3.20. The molecule has 0 radical (unpaired) electrons. The highest BCUT2D eigenvalue weighted by molar-refractivity contribution is 7.13. The van der Waals surface area contributed by atoms with Crippen molar-refractivity contribution >= 4 is 23.2 Å². The second-order valence-electron chi connectivity index (χ2n) is 4.11. The maximum Gasteiger partial charge on any atom is 0.261 e. The zero-order valence-electron chi connectivity index (χ0n) is 10.4. The lowest BCUT2D eigenvalue weighted by atomic mass is 10.2. The van der Waals surface area contributed by atoms with Crippen LogP contribution < -0.4 is 10.6 Å². The molecule has 0 aliphatic heterocycles. The molecule has 1 rings (SSSR count). The molecule has 0 atom stereocenters. The minimum atomic E-state index is -0.0816. The molecular weight excluding hydrogens is 236 g/mol. The van der Waals surface area contributed by atoms with Gasteiger partial charge >= 0.3 is 0 Å². The van der Waals surface area contributed by atoms with E-state index in [9.17, 15) is 9.59 Å². The Morgan fingerprint density at radius 3 is 2.41 bits per heavy atom. The van der Waals surface area contributed by atoms with Crippen LogP contribution in [0.2, 0.25) is 0 Å². The quantitative estimate of drug-likeness (QED) is 0.783. The summed E-state index contributed by atoms with van der Waals surface area (Å²) in [5.74, 6) is -0.0984. The van der Waals surface area contributed by atoms with Crippen molar-refractivity contribution < 1.29 is 9.59 Å². The van der Waals surface area contributed by atoms with Gasteiger partial charge in [0.15, 0.2) is 0 Å². The lowest BCUT2D eigenvalue weighted by Crippen LogP contribution is -2.36. The zero-order valence-corrected chi connectivity index (χ0v) is 11.2. The zero-order chi connectivity index (χ0) is 12.8. The Bertz CT molecular complexity index is 399. The van der Waals surface area contributed by atoms with Crippen molar-refractivity contribution in [2.45, 2.75) is 20.8 Å². The van der Waals surface area contributed by atoms with Crippen LogP contribution in [0.15, 0.2) is 12.1 Å². The van der Waals surface area contributed by atoms with Crippen LogP contribution in [-0.4, -0.2) is 24.9 Å². The summed E-state index contributed by atoms with van der Waals surface area (Å²) in [5, 5.41) is 5.51. The number of nitrogens with one attached hydrogen (secondary N) is 2. The van der Waals surface area contributed by atoms with Crippen molar-refractivity contribution in [2.75, 3.05) is 13.1 Å². The largest absolute Gasteiger partial charge is 0.354 e.